The number of hydrogen-bond donors (Lipinski definition) is 1. The van der Waals surface area contributed by atoms with Crippen molar-refractivity contribution in [3.63, 3.8) is 0 Å². The van der Waals surface area contributed by atoms with E-state index in [1.165, 1.54) is 11.8 Å². The van der Waals surface area contributed by atoms with E-state index in [1.54, 1.807) is 12.3 Å². The molecule has 0 saturated carbocycles. The Labute approximate surface area is 121 Å². The second-order valence-electron chi connectivity index (χ2n) is 3.95. The lowest BCUT2D eigenvalue weighted by molar-refractivity contribution is 0.0947. The molecule has 0 bridgehead atoms. The van der Waals surface area contributed by atoms with Crippen molar-refractivity contribution < 1.29 is 4.79 Å². The van der Waals surface area contributed by atoms with E-state index in [4.69, 9.17) is 5.26 Å². The molecule has 5 heteroatoms. The molecular weight excluding hydrogens is 270 g/mol. The Hall–Kier alpha value is -2.32. The monoisotopic (exact) mass is 283 g/mol. The third kappa shape index (κ3) is 3.84. The standard InChI is InChI=1S/C15H13N3OS/c16-8-10-20-14-7-2-1-6-13(14)15(19)18-11-12-5-3-4-9-17-12/h1-7,9H,10-11H2,(H,18,19). The maximum absolute atomic E-state index is 12.2. The molecule has 100 valence electrons. The van der Waals surface area contributed by atoms with Gasteiger partial charge in [-0.3, -0.25) is 9.78 Å². The maximum atomic E-state index is 12.2. The summed E-state index contributed by atoms with van der Waals surface area (Å²) in [6.07, 6.45) is 1.69. The van der Waals surface area contributed by atoms with Crippen molar-refractivity contribution in [1.82, 2.24) is 10.3 Å². The summed E-state index contributed by atoms with van der Waals surface area (Å²) in [7, 11) is 0. The van der Waals surface area contributed by atoms with Gasteiger partial charge in [0, 0.05) is 11.1 Å². The van der Waals surface area contributed by atoms with Gasteiger partial charge in [-0.05, 0) is 24.3 Å². The summed E-state index contributed by atoms with van der Waals surface area (Å²) in [6.45, 7) is 0.386. The second-order valence-corrected chi connectivity index (χ2v) is 4.96. The molecule has 1 N–H and O–H groups in total. The van der Waals surface area contributed by atoms with E-state index < -0.39 is 0 Å². The quantitative estimate of drug-likeness (QED) is 0.857. The van der Waals surface area contributed by atoms with Crippen LogP contribution in [-0.2, 0) is 6.54 Å². The van der Waals surface area contributed by atoms with E-state index >= 15 is 0 Å². The molecule has 0 radical (unpaired) electrons. The van der Waals surface area contributed by atoms with Crippen molar-refractivity contribution >= 4 is 17.7 Å². The SMILES string of the molecule is N#CCSc1ccccc1C(=O)NCc1ccccn1. The summed E-state index contributed by atoms with van der Waals surface area (Å²) in [5.41, 5.74) is 1.40. The fraction of sp³-hybridized carbons (Fsp3) is 0.133. The van der Waals surface area contributed by atoms with Gasteiger partial charge < -0.3 is 5.32 Å². The number of pyridine rings is 1. The van der Waals surface area contributed by atoms with Crippen LogP contribution in [0.2, 0.25) is 0 Å². The fourth-order valence-corrected chi connectivity index (χ4v) is 2.37. The highest BCUT2D eigenvalue weighted by molar-refractivity contribution is 7.99. The molecule has 0 saturated heterocycles. The molecule has 1 aromatic heterocycles. The van der Waals surface area contributed by atoms with E-state index in [0.717, 1.165) is 10.6 Å². The number of nitriles is 1. The van der Waals surface area contributed by atoms with Gasteiger partial charge in [-0.2, -0.15) is 5.26 Å². The Morgan fingerprint density at radius 2 is 2.05 bits per heavy atom. The fourth-order valence-electron chi connectivity index (χ4n) is 1.66. The number of nitrogens with one attached hydrogen (secondary N) is 1. The van der Waals surface area contributed by atoms with Gasteiger partial charge in [0.05, 0.1) is 29.6 Å². The zero-order valence-electron chi connectivity index (χ0n) is 10.7. The number of nitrogens with zero attached hydrogens (tertiary/aromatic N) is 2. The lowest BCUT2D eigenvalue weighted by atomic mass is 10.2. The first kappa shape index (κ1) is 14.1. The molecule has 2 rings (SSSR count). The Bertz CT molecular complexity index is 623. The van der Waals surface area contributed by atoms with Crippen molar-refractivity contribution in [3.8, 4) is 6.07 Å². The van der Waals surface area contributed by atoms with Crippen molar-refractivity contribution in [1.29, 1.82) is 5.26 Å². The number of carbonyl (C=O) groups excluding carboxylic acids is 1. The third-order valence-corrected chi connectivity index (χ3v) is 3.52. The molecule has 0 fully saturated rings. The minimum absolute atomic E-state index is 0.156. The molecule has 1 amide bonds. The predicted octanol–water partition coefficient (Wildman–Crippen LogP) is 2.63. The molecule has 1 aromatic carbocycles. The summed E-state index contributed by atoms with van der Waals surface area (Å²) in [6, 6.07) is 14.9. The number of hydrogen-bond acceptors (Lipinski definition) is 4. The average Bonchev–Trinajstić information content (AvgIpc) is 2.52. The van der Waals surface area contributed by atoms with Crippen LogP contribution in [0.25, 0.3) is 0 Å². The number of thioether (sulfide) groups is 1. The lowest BCUT2D eigenvalue weighted by Crippen LogP contribution is -2.23. The van der Waals surface area contributed by atoms with Gasteiger partial charge in [0.1, 0.15) is 0 Å². The number of aromatic nitrogens is 1. The van der Waals surface area contributed by atoms with Crippen molar-refractivity contribution in [3.05, 3.63) is 59.9 Å². The summed E-state index contributed by atoms with van der Waals surface area (Å²) in [5.74, 6) is 0.168. The molecule has 2 aromatic rings. The van der Waals surface area contributed by atoms with Crippen LogP contribution in [0.3, 0.4) is 0 Å². The van der Waals surface area contributed by atoms with E-state index in [9.17, 15) is 4.79 Å². The zero-order valence-corrected chi connectivity index (χ0v) is 11.6. The van der Waals surface area contributed by atoms with Crippen LogP contribution in [0.1, 0.15) is 16.1 Å². The van der Waals surface area contributed by atoms with Gasteiger partial charge in [0.15, 0.2) is 0 Å². The third-order valence-electron chi connectivity index (χ3n) is 2.58. The first-order valence-corrected chi connectivity index (χ1v) is 7.06. The number of carbonyl (C=O) groups is 1. The number of rotatable bonds is 5. The first-order chi connectivity index (χ1) is 9.81. The van der Waals surface area contributed by atoms with Crippen LogP contribution in [0.15, 0.2) is 53.6 Å². The Morgan fingerprint density at radius 3 is 2.80 bits per heavy atom. The van der Waals surface area contributed by atoms with E-state index in [1.807, 2.05) is 36.4 Å². The molecule has 0 atom stereocenters. The summed E-state index contributed by atoms with van der Waals surface area (Å²) in [4.78, 5) is 17.1. The lowest BCUT2D eigenvalue weighted by Gasteiger charge is -2.08. The first-order valence-electron chi connectivity index (χ1n) is 6.08. The molecule has 4 nitrogen and oxygen atoms in total. The highest BCUT2D eigenvalue weighted by Gasteiger charge is 2.10. The summed E-state index contributed by atoms with van der Waals surface area (Å²) >= 11 is 1.36. The largest absolute Gasteiger partial charge is 0.346 e. The van der Waals surface area contributed by atoms with Gasteiger partial charge in [-0.25, -0.2) is 0 Å². The average molecular weight is 283 g/mol. The van der Waals surface area contributed by atoms with Crippen LogP contribution in [-0.4, -0.2) is 16.6 Å². The maximum Gasteiger partial charge on any atom is 0.252 e. The van der Waals surface area contributed by atoms with Crippen LogP contribution in [0.4, 0.5) is 0 Å². The van der Waals surface area contributed by atoms with Crippen LogP contribution >= 0.6 is 11.8 Å². The zero-order chi connectivity index (χ0) is 14.2. The summed E-state index contributed by atoms with van der Waals surface area (Å²) in [5, 5.41) is 11.5. The van der Waals surface area contributed by atoms with Crippen LogP contribution in [0, 0.1) is 11.3 Å². The van der Waals surface area contributed by atoms with Crippen LogP contribution in [0.5, 0.6) is 0 Å². The number of benzene rings is 1. The molecule has 0 spiro atoms. The Morgan fingerprint density at radius 1 is 1.25 bits per heavy atom. The molecule has 0 aliphatic carbocycles. The van der Waals surface area contributed by atoms with E-state index in [2.05, 4.69) is 16.4 Å². The Balaban J connectivity index is 2.04. The van der Waals surface area contributed by atoms with Gasteiger partial charge in [-0.15, -0.1) is 11.8 Å². The van der Waals surface area contributed by atoms with Gasteiger partial charge in [-0.1, -0.05) is 18.2 Å². The van der Waals surface area contributed by atoms with Gasteiger partial charge in [0.2, 0.25) is 0 Å². The highest BCUT2D eigenvalue weighted by atomic mass is 32.2. The van der Waals surface area contributed by atoms with Gasteiger partial charge >= 0.3 is 0 Å². The minimum Gasteiger partial charge on any atom is -0.346 e. The molecule has 0 unspecified atom stereocenters. The molecule has 1 heterocycles. The smallest absolute Gasteiger partial charge is 0.252 e. The predicted molar refractivity (Wildman–Crippen MR) is 78.2 cm³/mol. The number of amides is 1. The molecular formula is C15H13N3OS. The van der Waals surface area contributed by atoms with Crippen molar-refractivity contribution in [2.45, 2.75) is 11.4 Å². The minimum atomic E-state index is -0.156. The van der Waals surface area contributed by atoms with E-state index in [0.29, 0.717) is 17.9 Å². The molecule has 20 heavy (non-hydrogen) atoms. The molecule has 0 aliphatic heterocycles. The van der Waals surface area contributed by atoms with Crippen molar-refractivity contribution in [2.75, 3.05) is 5.75 Å². The van der Waals surface area contributed by atoms with E-state index in [-0.39, 0.29) is 5.91 Å². The molecule has 0 aliphatic rings. The van der Waals surface area contributed by atoms with Crippen molar-refractivity contribution in [2.24, 2.45) is 0 Å². The highest BCUT2D eigenvalue weighted by Crippen LogP contribution is 2.22. The van der Waals surface area contributed by atoms with Crippen LogP contribution < -0.4 is 5.32 Å². The second kappa shape index (κ2) is 7.31. The Kier molecular flexibility index (Phi) is 5.15. The van der Waals surface area contributed by atoms with Gasteiger partial charge in [0.25, 0.3) is 5.91 Å². The topological polar surface area (TPSA) is 65.8 Å². The normalized spacial score (nSPS) is 9.75. The summed E-state index contributed by atoms with van der Waals surface area (Å²) < 4.78 is 0.